The van der Waals surface area contributed by atoms with Gasteiger partial charge >= 0.3 is 0 Å². The van der Waals surface area contributed by atoms with Crippen molar-refractivity contribution in [2.75, 3.05) is 11.9 Å². The van der Waals surface area contributed by atoms with E-state index in [0.717, 1.165) is 8.78 Å². The SMILES string of the molecule is Cc1ccc(F)cc1NC(=O)CN(Cc1ccc(Cl)cc1)S(=O)(=O)c1ccc(Br)cc1. The second-order valence-corrected chi connectivity index (χ2v) is 10.2. The lowest BCUT2D eigenvalue weighted by atomic mass is 10.2. The van der Waals surface area contributed by atoms with E-state index in [1.165, 1.54) is 30.3 Å². The average Bonchev–Trinajstić information content (AvgIpc) is 2.72. The highest BCUT2D eigenvalue weighted by Gasteiger charge is 2.27. The molecule has 3 aromatic rings. The van der Waals surface area contributed by atoms with Crippen molar-refractivity contribution in [3.63, 3.8) is 0 Å². The van der Waals surface area contributed by atoms with Crippen LogP contribution in [0.25, 0.3) is 0 Å². The van der Waals surface area contributed by atoms with Gasteiger partial charge in [0.15, 0.2) is 0 Å². The van der Waals surface area contributed by atoms with Crippen molar-refractivity contribution in [1.29, 1.82) is 0 Å². The van der Waals surface area contributed by atoms with Crippen LogP contribution in [0.2, 0.25) is 5.02 Å². The first-order valence-corrected chi connectivity index (χ1v) is 11.8. The highest BCUT2D eigenvalue weighted by atomic mass is 79.9. The van der Waals surface area contributed by atoms with Gasteiger partial charge in [-0.1, -0.05) is 45.7 Å². The minimum absolute atomic E-state index is 0.0366. The molecule has 162 valence electrons. The molecule has 0 spiro atoms. The minimum Gasteiger partial charge on any atom is -0.325 e. The summed E-state index contributed by atoms with van der Waals surface area (Å²) in [5, 5.41) is 3.11. The van der Waals surface area contributed by atoms with Crippen molar-refractivity contribution in [2.45, 2.75) is 18.4 Å². The van der Waals surface area contributed by atoms with Crippen LogP contribution in [0.5, 0.6) is 0 Å². The van der Waals surface area contributed by atoms with Crippen LogP contribution >= 0.6 is 27.5 Å². The summed E-state index contributed by atoms with van der Waals surface area (Å²) in [6.07, 6.45) is 0. The third kappa shape index (κ3) is 6.13. The zero-order valence-corrected chi connectivity index (χ0v) is 19.6. The summed E-state index contributed by atoms with van der Waals surface area (Å²) in [5.74, 6) is -1.08. The molecule has 1 amide bonds. The fourth-order valence-corrected chi connectivity index (χ4v) is 4.63. The molecule has 0 saturated carbocycles. The number of amides is 1. The summed E-state index contributed by atoms with van der Waals surface area (Å²) in [4.78, 5) is 12.7. The quantitative estimate of drug-likeness (QED) is 0.450. The van der Waals surface area contributed by atoms with Gasteiger partial charge in [-0.2, -0.15) is 4.31 Å². The molecule has 1 N–H and O–H groups in total. The normalized spacial score (nSPS) is 11.5. The van der Waals surface area contributed by atoms with Crippen LogP contribution in [0, 0.1) is 12.7 Å². The van der Waals surface area contributed by atoms with Gasteiger partial charge in [-0.15, -0.1) is 0 Å². The second-order valence-electron chi connectivity index (χ2n) is 6.86. The molecule has 3 aromatic carbocycles. The monoisotopic (exact) mass is 524 g/mol. The summed E-state index contributed by atoms with van der Waals surface area (Å²) >= 11 is 9.20. The van der Waals surface area contributed by atoms with Crippen LogP contribution in [0.15, 0.2) is 76.1 Å². The maximum atomic E-state index is 13.6. The summed E-state index contributed by atoms with van der Waals surface area (Å²) in [6.45, 7) is 1.24. The van der Waals surface area contributed by atoms with Crippen LogP contribution in [-0.2, 0) is 21.4 Å². The van der Waals surface area contributed by atoms with Crippen LogP contribution < -0.4 is 5.32 Å². The smallest absolute Gasteiger partial charge is 0.243 e. The largest absolute Gasteiger partial charge is 0.325 e. The van der Waals surface area contributed by atoms with Crippen molar-refractivity contribution in [1.82, 2.24) is 4.31 Å². The Hall–Kier alpha value is -2.26. The van der Waals surface area contributed by atoms with Gasteiger partial charge in [0.05, 0.1) is 11.4 Å². The number of hydrogen-bond donors (Lipinski definition) is 1. The molecule has 0 saturated heterocycles. The number of nitrogens with zero attached hydrogens (tertiary/aromatic N) is 1. The molecule has 0 unspecified atom stereocenters. The van der Waals surface area contributed by atoms with Gasteiger partial charge < -0.3 is 5.32 Å². The van der Waals surface area contributed by atoms with Crippen molar-refractivity contribution in [3.8, 4) is 0 Å². The lowest BCUT2D eigenvalue weighted by Crippen LogP contribution is -2.37. The molecule has 0 aliphatic rings. The van der Waals surface area contributed by atoms with E-state index in [9.17, 15) is 17.6 Å². The lowest BCUT2D eigenvalue weighted by molar-refractivity contribution is -0.116. The van der Waals surface area contributed by atoms with E-state index in [1.807, 2.05) is 0 Å². The number of rotatable bonds is 7. The predicted octanol–water partition coefficient (Wildman–Crippen LogP) is 5.38. The van der Waals surface area contributed by atoms with Crippen LogP contribution in [0.3, 0.4) is 0 Å². The Bertz CT molecular complexity index is 1190. The average molecular weight is 526 g/mol. The second kappa shape index (κ2) is 9.91. The molecule has 0 atom stereocenters. The molecular formula is C22H19BrClFN2O3S. The molecule has 0 bridgehead atoms. The Morgan fingerprint density at radius 3 is 2.35 bits per heavy atom. The number of anilines is 1. The summed E-state index contributed by atoms with van der Waals surface area (Å²) in [5.41, 5.74) is 1.62. The van der Waals surface area contributed by atoms with Gasteiger partial charge in [0.2, 0.25) is 15.9 Å². The van der Waals surface area contributed by atoms with E-state index in [-0.39, 0.29) is 17.1 Å². The molecular weight excluding hydrogens is 507 g/mol. The van der Waals surface area contributed by atoms with E-state index in [0.29, 0.717) is 16.1 Å². The maximum absolute atomic E-state index is 13.6. The number of hydrogen-bond acceptors (Lipinski definition) is 3. The fraction of sp³-hybridized carbons (Fsp3) is 0.136. The number of carbonyl (C=O) groups is 1. The van der Waals surface area contributed by atoms with Crippen LogP contribution in [-0.4, -0.2) is 25.2 Å². The third-order valence-electron chi connectivity index (χ3n) is 4.52. The first-order valence-electron chi connectivity index (χ1n) is 9.21. The topological polar surface area (TPSA) is 66.5 Å². The van der Waals surface area contributed by atoms with Crippen molar-refractivity contribution in [3.05, 3.63) is 93.2 Å². The fourth-order valence-electron chi connectivity index (χ4n) is 2.85. The third-order valence-corrected chi connectivity index (χ3v) is 7.10. The number of benzene rings is 3. The van der Waals surface area contributed by atoms with E-state index >= 15 is 0 Å². The zero-order valence-electron chi connectivity index (χ0n) is 16.5. The molecule has 0 heterocycles. The number of halogens is 3. The first-order chi connectivity index (χ1) is 14.6. The molecule has 5 nitrogen and oxygen atoms in total. The van der Waals surface area contributed by atoms with Gasteiger partial charge in [0.1, 0.15) is 5.82 Å². The molecule has 0 aromatic heterocycles. The van der Waals surface area contributed by atoms with Gasteiger partial charge in [0.25, 0.3) is 0 Å². The van der Waals surface area contributed by atoms with Crippen molar-refractivity contribution >= 4 is 49.1 Å². The lowest BCUT2D eigenvalue weighted by Gasteiger charge is -2.22. The van der Waals surface area contributed by atoms with E-state index < -0.39 is 28.3 Å². The van der Waals surface area contributed by atoms with Gasteiger partial charge in [-0.25, -0.2) is 12.8 Å². The summed E-state index contributed by atoms with van der Waals surface area (Å²) < 4.78 is 41.9. The molecule has 31 heavy (non-hydrogen) atoms. The Kier molecular flexibility index (Phi) is 7.48. The first kappa shape index (κ1) is 23.4. The molecule has 3 rings (SSSR count). The van der Waals surface area contributed by atoms with E-state index in [2.05, 4.69) is 21.2 Å². The molecule has 0 aliphatic heterocycles. The number of aryl methyl sites for hydroxylation is 1. The highest BCUT2D eigenvalue weighted by molar-refractivity contribution is 9.10. The van der Waals surface area contributed by atoms with Crippen molar-refractivity contribution in [2.24, 2.45) is 0 Å². The Morgan fingerprint density at radius 1 is 1.06 bits per heavy atom. The molecule has 9 heteroatoms. The number of nitrogens with one attached hydrogen (secondary N) is 1. The standard InChI is InChI=1S/C22H19BrClFN2O3S/c1-15-2-9-19(25)12-21(15)26-22(28)14-27(13-16-3-7-18(24)8-4-16)31(29,30)20-10-5-17(23)6-11-20/h2-12H,13-14H2,1H3,(H,26,28). The van der Waals surface area contributed by atoms with Gasteiger partial charge in [0, 0.05) is 21.7 Å². The maximum Gasteiger partial charge on any atom is 0.243 e. The van der Waals surface area contributed by atoms with Crippen molar-refractivity contribution < 1.29 is 17.6 Å². The highest BCUT2D eigenvalue weighted by Crippen LogP contribution is 2.22. The summed E-state index contributed by atoms with van der Waals surface area (Å²) in [7, 11) is -3.99. The minimum atomic E-state index is -3.99. The number of sulfonamides is 1. The Labute approximate surface area is 194 Å². The molecule has 0 radical (unpaired) electrons. The molecule has 0 aliphatic carbocycles. The van der Waals surface area contributed by atoms with Crippen LogP contribution in [0.1, 0.15) is 11.1 Å². The number of carbonyl (C=O) groups excluding carboxylic acids is 1. The Balaban J connectivity index is 1.89. The summed E-state index contributed by atoms with van der Waals surface area (Å²) in [6, 6.07) is 16.9. The van der Waals surface area contributed by atoms with E-state index in [1.54, 1.807) is 43.3 Å². The zero-order chi connectivity index (χ0) is 22.6. The van der Waals surface area contributed by atoms with Gasteiger partial charge in [-0.05, 0) is 66.6 Å². The Morgan fingerprint density at radius 2 is 1.71 bits per heavy atom. The predicted molar refractivity (Wildman–Crippen MR) is 123 cm³/mol. The molecule has 0 fully saturated rings. The van der Waals surface area contributed by atoms with Crippen LogP contribution in [0.4, 0.5) is 10.1 Å². The van der Waals surface area contributed by atoms with E-state index in [4.69, 9.17) is 11.6 Å². The van der Waals surface area contributed by atoms with Gasteiger partial charge in [-0.3, -0.25) is 4.79 Å².